The molecule has 4 nitrogen and oxygen atoms in total. The highest BCUT2D eigenvalue weighted by Crippen LogP contribution is 2.41. The highest BCUT2D eigenvalue weighted by molar-refractivity contribution is 5.96. The van der Waals surface area contributed by atoms with Gasteiger partial charge in [-0.3, -0.25) is 0 Å². The van der Waals surface area contributed by atoms with Crippen molar-refractivity contribution in [2.24, 2.45) is 5.41 Å². The van der Waals surface area contributed by atoms with Crippen LogP contribution in [0.4, 0.5) is 11.4 Å². The molecule has 1 aromatic rings. The van der Waals surface area contributed by atoms with E-state index < -0.39 is 0 Å². The topological polar surface area (TPSA) is 64.3 Å². The Morgan fingerprint density at radius 3 is 2.67 bits per heavy atom. The summed E-state index contributed by atoms with van der Waals surface area (Å²) in [4.78, 5) is 12.0. The summed E-state index contributed by atoms with van der Waals surface area (Å²) in [6.07, 6.45) is 6.31. The molecule has 0 radical (unpaired) electrons. The number of carbonyl (C=O) groups excluding carboxylic acids is 1. The Bertz CT molecular complexity index is 494. The molecule has 21 heavy (non-hydrogen) atoms. The zero-order chi connectivity index (χ0) is 15.3. The van der Waals surface area contributed by atoms with Crippen LogP contribution >= 0.6 is 0 Å². The zero-order valence-electron chi connectivity index (χ0n) is 13.1. The molecule has 0 spiro atoms. The van der Waals surface area contributed by atoms with E-state index in [1.165, 1.54) is 32.1 Å². The van der Waals surface area contributed by atoms with Crippen LogP contribution in [0.2, 0.25) is 0 Å². The van der Waals surface area contributed by atoms with E-state index in [4.69, 9.17) is 10.5 Å². The van der Waals surface area contributed by atoms with Crippen LogP contribution < -0.4 is 11.1 Å². The molecule has 0 atom stereocenters. The van der Waals surface area contributed by atoms with E-state index in [-0.39, 0.29) is 5.97 Å². The first-order valence-electron chi connectivity index (χ1n) is 7.91. The van der Waals surface area contributed by atoms with Crippen LogP contribution in [-0.4, -0.2) is 19.1 Å². The highest BCUT2D eigenvalue weighted by Gasteiger charge is 2.32. The lowest BCUT2D eigenvalue weighted by Gasteiger charge is -2.28. The number of ether oxygens (including phenoxy) is 1. The molecule has 1 aromatic carbocycles. The average molecular weight is 290 g/mol. The molecule has 0 heterocycles. The maximum absolute atomic E-state index is 12.0. The lowest BCUT2D eigenvalue weighted by Crippen LogP contribution is -2.26. The molecule has 0 amide bonds. The van der Waals surface area contributed by atoms with Gasteiger partial charge in [0.05, 0.1) is 12.2 Å². The Balaban J connectivity index is 2.13. The molecule has 4 heteroatoms. The number of nitrogens with one attached hydrogen (secondary N) is 1. The van der Waals surface area contributed by atoms with Crippen molar-refractivity contribution in [3.8, 4) is 0 Å². The summed E-state index contributed by atoms with van der Waals surface area (Å²) in [5.41, 5.74) is 8.09. The Kier molecular flexibility index (Phi) is 5.10. The SMILES string of the molecule is CCOC(=O)c1cc(N)ccc1NCC1(CC)CCCC1. The smallest absolute Gasteiger partial charge is 0.340 e. The summed E-state index contributed by atoms with van der Waals surface area (Å²) >= 11 is 0. The molecule has 0 aliphatic heterocycles. The van der Waals surface area contributed by atoms with Crippen LogP contribution in [0, 0.1) is 5.41 Å². The third kappa shape index (κ3) is 3.69. The van der Waals surface area contributed by atoms with Crippen LogP contribution in [-0.2, 0) is 4.74 Å². The van der Waals surface area contributed by atoms with Crippen LogP contribution in [0.5, 0.6) is 0 Å². The number of hydrogen-bond acceptors (Lipinski definition) is 4. The summed E-state index contributed by atoms with van der Waals surface area (Å²) in [7, 11) is 0. The zero-order valence-corrected chi connectivity index (χ0v) is 13.1. The predicted molar refractivity (Wildman–Crippen MR) is 86.5 cm³/mol. The number of hydrogen-bond donors (Lipinski definition) is 2. The van der Waals surface area contributed by atoms with E-state index in [1.54, 1.807) is 6.07 Å². The van der Waals surface area contributed by atoms with E-state index in [9.17, 15) is 4.79 Å². The van der Waals surface area contributed by atoms with E-state index in [2.05, 4.69) is 12.2 Å². The van der Waals surface area contributed by atoms with Gasteiger partial charge in [-0.25, -0.2) is 4.79 Å². The fourth-order valence-corrected chi connectivity index (χ4v) is 3.16. The minimum absolute atomic E-state index is 0.315. The van der Waals surface area contributed by atoms with Crippen molar-refractivity contribution in [2.75, 3.05) is 24.2 Å². The first kappa shape index (κ1) is 15.7. The maximum Gasteiger partial charge on any atom is 0.340 e. The number of benzene rings is 1. The number of nitrogen functional groups attached to an aromatic ring is 1. The third-order valence-electron chi connectivity index (χ3n) is 4.61. The van der Waals surface area contributed by atoms with Gasteiger partial charge in [0, 0.05) is 17.9 Å². The summed E-state index contributed by atoms with van der Waals surface area (Å²) in [5, 5.41) is 3.46. The normalized spacial score (nSPS) is 16.7. The van der Waals surface area contributed by atoms with Gasteiger partial charge in [-0.05, 0) is 49.8 Å². The Morgan fingerprint density at radius 2 is 2.05 bits per heavy atom. The molecule has 0 aromatic heterocycles. The molecule has 1 fully saturated rings. The summed E-state index contributed by atoms with van der Waals surface area (Å²) in [6, 6.07) is 5.38. The molecule has 116 valence electrons. The highest BCUT2D eigenvalue weighted by atomic mass is 16.5. The van der Waals surface area contributed by atoms with Gasteiger partial charge in [-0.15, -0.1) is 0 Å². The predicted octanol–water partition coefficient (Wildman–Crippen LogP) is 3.83. The Labute approximate surface area is 127 Å². The molecule has 1 aliphatic carbocycles. The van der Waals surface area contributed by atoms with Gasteiger partial charge in [-0.1, -0.05) is 19.8 Å². The van der Waals surface area contributed by atoms with Gasteiger partial charge in [0.15, 0.2) is 0 Å². The fourth-order valence-electron chi connectivity index (χ4n) is 3.16. The first-order chi connectivity index (χ1) is 10.1. The molecule has 1 aliphatic rings. The van der Waals surface area contributed by atoms with Crippen LogP contribution in [0.25, 0.3) is 0 Å². The molecular weight excluding hydrogens is 264 g/mol. The third-order valence-corrected chi connectivity index (χ3v) is 4.61. The minimum atomic E-state index is -0.315. The molecule has 0 saturated heterocycles. The van der Waals surface area contributed by atoms with Gasteiger partial charge in [0.1, 0.15) is 0 Å². The van der Waals surface area contributed by atoms with Gasteiger partial charge in [0.2, 0.25) is 0 Å². The lowest BCUT2D eigenvalue weighted by molar-refractivity contribution is 0.0527. The second-order valence-corrected chi connectivity index (χ2v) is 5.94. The van der Waals surface area contributed by atoms with Gasteiger partial charge >= 0.3 is 5.97 Å². The van der Waals surface area contributed by atoms with Gasteiger partial charge in [-0.2, -0.15) is 0 Å². The van der Waals surface area contributed by atoms with Crippen LogP contribution in [0.3, 0.4) is 0 Å². The summed E-state index contributed by atoms with van der Waals surface area (Å²) in [6.45, 7) is 5.33. The molecule has 0 unspecified atom stereocenters. The van der Waals surface area contributed by atoms with Crippen LogP contribution in [0.1, 0.15) is 56.3 Å². The maximum atomic E-state index is 12.0. The number of esters is 1. The number of rotatable bonds is 6. The minimum Gasteiger partial charge on any atom is -0.462 e. The van der Waals surface area contributed by atoms with Crippen molar-refractivity contribution >= 4 is 17.3 Å². The van der Waals surface area contributed by atoms with E-state index in [0.717, 1.165) is 12.2 Å². The van der Waals surface area contributed by atoms with E-state index in [1.807, 2.05) is 19.1 Å². The monoisotopic (exact) mass is 290 g/mol. The van der Waals surface area contributed by atoms with Crippen molar-refractivity contribution in [3.63, 3.8) is 0 Å². The van der Waals surface area contributed by atoms with Crippen LogP contribution in [0.15, 0.2) is 18.2 Å². The van der Waals surface area contributed by atoms with Gasteiger partial charge in [0.25, 0.3) is 0 Å². The number of anilines is 2. The largest absolute Gasteiger partial charge is 0.462 e. The standard InChI is InChI=1S/C17H26N2O2/c1-3-17(9-5-6-10-17)12-19-15-8-7-13(18)11-14(15)16(20)21-4-2/h7-8,11,19H,3-6,9-10,12,18H2,1-2H3. The molecule has 1 saturated carbocycles. The molecule has 2 rings (SSSR count). The summed E-state index contributed by atoms with van der Waals surface area (Å²) in [5.74, 6) is -0.315. The second kappa shape index (κ2) is 6.83. The van der Waals surface area contributed by atoms with E-state index in [0.29, 0.717) is 23.3 Å². The molecule has 0 bridgehead atoms. The average Bonchev–Trinajstić information content (AvgIpc) is 2.95. The van der Waals surface area contributed by atoms with Crippen molar-refractivity contribution in [2.45, 2.75) is 46.0 Å². The number of nitrogens with two attached hydrogens (primary N) is 1. The lowest BCUT2D eigenvalue weighted by atomic mass is 9.83. The summed E-state index contributed by atoms with van der Waals surface area (Å²) < 4.78 is 5.11. The van der Waals surface area contributed by atoms with Crippen molar-refractivity contribution in [3.05, 3.63) is 23.8 Å². The van der Waals surface area contributed by atoms with E-state index >= 15 is 0 Å². The Hall–Kier alpha value is -1.71. The van der Waals surface area contributed by atoms with Gasteiger partial charge < -0.3 is 15.8 Å². The van der Waals surface area contributed by atoms with Crippen molar-refractivity contribution in [1.82, 2.24) is 0 Å². The second-order valence-electron chi connectivity index (χ2n) is 5.94. The van der Waals surface area contributed by atoms with Crippen molar-refractivity contribution < 1.29 is 9.53 Å². The quantitative estimate of drug-likeness (QED) is 0.617. The Morgan fingerprint density at radius 1 is 1.33 bits per heavy atom. The first-order valence-corrected chi connectivity index (χ1v) is 7.91. The molecule has 3 N–H and O–H groups in total. The molecular formula is C17H26N2O2. The van der Waals surface area contributed by atoms with Crippen molar-refractivity contribution in [1.29, 1.82) is 0 Å². The fraction of sp³-hybridized carbons (Fsp3) is 0.588. The number of carbonyl (C=O) groups is 1.